The number of benzene rings is 1. The lowest BCUT2D eigenvalue weighted by Crippen LogP contribution is -2.47. The lowest BCUT2D eigenvalue weighted by atomic mass is 9.94. The SMILES string of the molecule is CC1OCCC1(C)NCc1cc(F)cc(/C(N)=N/O)c1. The average molecular weight is 281 g/mol. The first-order valence-electron chi connectivity index (χ1n) is 6.58. The number of oxime groups is 1. The zero-order valence-corrected chi connectivity index (χ0v) is 11.7. The van der Waals surface area contributed by atoms with Gasteiger partial charge in [0.1, 0.15) is 5.82 Å². The Morgan fingerprint density at radius 3 is 2.95 bits per heavy atom. The molecule has 6 heteroatoms. The topological polar surface area (TPSA) is 79.9 Å². The predicted octanol–water partition coefficient (Wildman–Crippen LogP) is 1.58. The maximum absolute atomic E-state index is 13.6. The molecule has 0 amide bonds. The monoisotopic (exact) mass is 281 g/mol. The van der Waals surface area contributed by atoms with Gasteiger partial charge in [-0.2, -0.15) is 0 Å². The molecule has 0 aromatic heterocycles. The van der Waals surface area contributed by atoms with E-state index in [1.807, 2.05) is 6.92 Å². The van der Waals surface area contributed by atoms with Crippen LogP contribution in [0.25, 0.3) is 0 Å². The van der Waals surface area contributed by atoms with Crippen LogP contribution < -0.4 is 11.1 Å². The normalized spacial score (nSPS) is 26.9. The van der Waals surface area contributed by atoms with Crippen LogP contribution in [0.2, 0.25) is 0 Å². The molecule has 1 aromatic carbocycles. The van der Waals surface area contributed by atoms with Crippen LogP contribution in [0.1, 0.15) is 31.4 Å². The zero-order valence-electron chi connectivity index (χ0n) is 11.7. The molecular formula is C14H20FN3O2. The van der Waals surface area contributed by atoms with Crippen LogP contribution in [0.4, 0.5) is 4.39 Å². The molecule has 20 heavy (non-hydrogen) atoms. The summed E-state index contributed by atoms with van der Waals surface area (Å²) in [6.07, 6.45) is 1.02. The predicted molar refractivity (Wildman–Crippen MR) is 74.2 cm³/mol. The van der Waals surface area contributed by atoms with Crippen molar-refractivity contribution < 1.29 is 14.3 Å². The Morgan fingerprint density at radius 2 is 2.35 bits per heavy atom. The second kappa shape index (κ2) is 5.76. The van der Waals surface area contributed by atoms with Crippen molar-refractivity contribution in [3.63, 3.8) is 0 Å². The van der Waals surface area contributed by atoms with Gasteiger partial charge in [-0.25, -0.2) is 4.39 Å². The van der Waals surface area contributed by atoms with Crippen LogP contribution in [0.5, 0.6) is 0 Å². The molecule has 0 radical (unpaired) electrons. The molecule has 0 aliphatic carbocycles. The Hall–Kier alpha value is -1.66. The summed E-state index contributed by atoms with van der Waals surface area (Å²) in [6, 6.07) is 4.38. The number of nitrogens with two attached hydrogens (primary N) is 1. The van der Waals surface area contributed by atoms with Crippen LogP contribution in [-0.4, -0.2) is 29.3 Å². The lowest BCUT2D eigenvalue weighted by molar-refractivity contribution is 0.0881. The zero-order chi connectivity index (χ0) is 14.8. The quantitative estimate of drug-likeness (QED) is 0.339. The van der Waals surface area contributed by atoms with E-state index in [1.54, 1.807) is 6.07 Å². The molecule has 0 saturated carbocycles. The first-order chi connectivity index (χ1) is 9.44. The van der Waals surface area contributed by atoms with Gasteiger partial charge in [-0.05, 0) is 44.0 Å². The lowest BCUT2D eigenvalue weighted by Gasteiger charge is -2.29. The van der Waals surface area contributed by atoms with E-state index in [4.69, 9.17) is 15.7 Å². The number of amidine groups is 1. The number of nitrogens with one attached hydrogen (secondary N) is 1. The number of rotatable bonds is 4. The standard InChI is InChI=1S/C14H20FN3O2/c1-9-14(2,3-4-20-9)17-8-10-5-11(13(16)18-19)7-12(15)6-10/h5-7,9,17,19H,3-4,8H2,1-2H3,(H2,16,18). The minimum Gasteiger partial charge on any atom is -0.409 e. The van der Waals surface area contributed by atoms with Crippen LogP contribution in [0, 0.1) is 5.82 Å². The summed E-state index contributed by atoms with van der Waals surface area (Å²) in [5.74, 6) is -0.513. The van der Waals surface area contributed by atoms with Gasteiger partial charge in [0.15, 0.2) is 5.84 Å². The van der Waals surface area contributed by atoms with E-state index in [0.29, 0.717) is 12.1 Å². The van der Waals surface area contributed by atoms with E-state index in [9.17, 15) is 4.39 Å². The summed E-state index contributed by atoms with van der Waals surface area (Å²) in [4.78, 5) is 0. The van der Waals surface area contributed by atoms with Crippen LogP contribution in [0.15, 0.2) is 23.4 Å². The highest BCUT2D eigenvalue weighted by molar-refractivity contribution is 5.97. The van der Waals surface area contributed by atoms with Crippen molar-refractivity contribution >= 4 is 5.84 Å². The van der Waals surface area contributed by atoms with E-state index in [0.717, 1.165) is 18.6 Å². The maximum atomic E-state index is 13.6. The highest BCUT2D eigenvalue weighted by atomic mass is 19.1. The van der Waals surface area contributed by atoms with E-state index < -0.39 is 5.82 Å². The van der Waals surface area contributed by atoms with Gasteiger partial charge in [-0.3, -0.25) is 0 Å². The van der Waals surface area contributed by atoms with Crippen molar-refractivity contribution in [2.75, 3.05) is 6.61 Å². The molecule has 0 bridgehead atoms. The number of ether oxygens (including phenoxy) is 1. The number of hydrogen-bond donors (Lipinski definition) is 3. The van der Waals surface area contributed by atoms with E-state index >= 15 is 0 Å². The molecule has 1 aromatic rings. The second-order valence-electron chi connectivity index (χ2n) is 5.37. The van der Waals surface area contributed by atoms with Crippen molar-refractivity contribution in [2.45, 2.75) is 38.5 Å². The second-order valence-corrected chi connectivity index (χ2v) is 5.37. The molecule has 2 unspecified atom stereocenters. The molecule has 2 atom stereocenters. The molecule has 1 fully saturated rings. The Balaban J connectivity index is 2.12. The maximum Gasteiger partial charge on any atom is 0.170 e. The number of halogens is 1. The van der Waals surface area contributed by atoms with Gasteiger partial charge >= 0.3 is 0 Å². The molecule has 0 spiro atoms. The fraction of sp³-hybridized carbons (Fsp3) is 0.500. The minimum atomic E-state index is -0.410. The third-order valence-electron chi connectivity index (χ3n) is 3.94. The van der Waals surface area contributed by atoms with Gasteiger partial charge < -0.3 is 21.0 Å². The molecule has 2 rings (SSSR count). The molecule has 5 nitrogen and oxygen atoms in total. The highest BCUT2D eigenvalue weighted by Gasteiger charge is 2.36. The smallest absolute Gasteiger partial charge is 0.170 e. The fourth-order valence-corrected chi connectivity index (χ4v) is 2.33. The van der Waals surface area contributed by atoms with Crippen molar-refractivity contribution in [1.82, 2.24) is 5.32 Å². The van der Waals surface area contributed by atoms with Gasteiger partial charge in [-0.15, -0.1) is 0 Å². The Labute approximate surface area is 117 Å². The third-order valence-corrected chi connectivity index (χ3v) is 3.94. The Bertz CT molecular complexity index is 521. The van der Waals surface area contributed by atoms with Crippen molar-refractivity contribution in [2.24, 2.45) is 10.9 Å². The van der Waals surface area contributed by atoms with Gasteiger partial charge in [0.2, 0.25) is 0 Å². The molecule has 110 valence electrons. The van der Waals surface area contributed by atoms with Gasteiger partial charge in [0.05, 0.1) is 6.10 Å². The Kier molecular flexibility index (Phi) is 4.25. The molecular weight excluding hydrogens is 261 g/mol. The van der Waals surface area contributed by atoms with Gasteiger partial charge in [0, 0.05) is 24.3 Å². The van der Waals surface area contributed by atoms with E-state index in [-0.39, 0.29) is 17.5 Å². The van der Waals surface area contributed by atoms with E-state index in [1.165, 1.54) is 12.1 Å². The summed E-state index contributed by atoms with van der Waals surface area (Å²) in [5.41, 5.74) is 6.48. The third kappa shape index (κ3) is 3.08. The van der Waals surface area contributed by atoms with E-state index in [2.05, 4.69) is 17.4 Å². The molecule has 1 saturated heterocycles. The fourth-order valence-electron chi connectivity index (χ4n) is 2.33. The molecule has 1 heterocycles. The minimum absolute atomic E-state index is 0.102. The van der Waals surface area contributed by atoms with Crippen molar-refractivity contribution in [3.8, 4) is 0 Å². The van der Waals surface area contributed by atoms with Crippen LogP contribution in [-0.2, 0) is 11.3 Å². The Morgan fingerprint density at radius 1 is 1.60 bits per heavy atom. The largest absolute Gasteiger partial charge is 0.409 e. The molecule has 1 aliphatic heterocycles. The van der Waals surface area contributed by atoms with Crippen molar-refractivity contribution in [1.29, 1.82) is 0 Å². The molecule has 1 aliphatic rings. The van der Waals surface area contributed by atoms with Crippen molar-refractivity contribution in [3.05, 3.63) is 35.1 Å². The summed E-state index contributed by atoms with van der Waals surface area (Å²) in [7, 11) is 0. The van der Waals surface area contributed by atoms with Crippen LogP contribution in [0.3, 0.4) is 0 Å². The molecule has 4 N–H and O–H groups in total. The summed E-state index contributed by atoms with van der Waals surface area (Å²) >= 11 is 0. The first-order valence-corrected chi connectivity index (χ1v) is 6.58. The number of nitrogens with zero attached hydrogens (tertiary/aromatic N) is 1. The van der Waals surface area contributed by atoms with Gasteiger partial charge in [0.25, 0.3) is 0 Å². The first kappa shape index (κ1) is 14.7. The van der Waals surface area contributed by atoms with Gasteiger partial charge in [-0.1, -0.05) is 5.16 Å². The summed E-state index contributed by atoms with van der Waals surface area (Å²) < 4.78 is 19.1. The summed E-state index contributed by atoms with van der Waals surface area (Å²) in [5, 5.41) is 14.9. The van der Waals surface area contributed by atoms with Crippen LogP contribution >= 0.6 is 0 Å². The average Bonchev–Trinajstić information content (AvgIpc) is 2.75. The summed E-state index contributed by atoms with van der Waals surface area (Å²) in [6.45, 7) is 5.33. The highest BCUT2D eigenvalue weighted by Crippen LogP contribution is 2.25. The number of hydrogen-bond acceptors (Lipinski definition) is 4.